The first-order valence-electron chi connectivity index (χ1n) is 7.10. The average Bonchev–Trinajstić information content (AvgIpc) is 2.91. The lowest BCUT2D eigenvalue weighted by Gasteiger charge is -2.10. The topological polar surface area (TPSA) is 63.2 Å². The summed E-state index contributed by atoms with van der Waals surface area (Å²) in [5.74, 6) is 0. The van der Waals surface area contributed by atoms with Crippen LogP contribution in [0.25, 0.3) is 10.6 Å². The Bertz CT molecular complexity index is 773. The quantitative estimate of drug-likeness (QED) is 0.753. The van der Waals surface area contributed by atoms with Gasteiger partial charge in [0.05, 0.1) is 6.61 Å². The maximum absolute atomic E-state index is 13.2. The van der Waals surface area contributed by atoms with Crippen LogP contribution in [0.1, 0.15) is 18.2 Å². The van der Waals surface area contributed by atoms with E-state index in [1.54, 1.807) is 31.2 Å². The summed E-state index contributed by atoms with van der Waals surface area (Å²) < 4.78 is 44.3. The number of nitrogens with one attached hydrogen (secondary N) is 2. The van der Waals surface area contributed by atoms with Gasteiger partial charge in [-0.3, -0.25) is 5.32 Å². The molecule has 2 aromatic rings. The van der Waals surface area contributed by atoms with Gasteiger partial charge in [0.1, 0.15) is 10.0 Å². The molecule has 0 radical (unpaired) electrons. The number of thiocarbonyl (C=S) groups is 1. The summed E-state index contributed by atoms with van der Waals surface area (Å²) in [6.45, 7) is 3.58. The van der Waals surface area contributed by atoms with Crippen molar-refractivity contribution in [2.45, 2.75) is 20.0 Å². The van der Waals surface area contributed by atoms with Crippen molar-refractivity contribution in [1.82, 2.24) is 10.3 Å². The van der Waals surface area contributed by atoms with E-state index < -0.39 is 18.0 Å². The third kappa shape index (κ3) is 5.13. The Morgan fingerprint density at radius 2 is 1.96 bits per heavy atom. The molecular weight excluding hydrogens is 375 g/mol. The molecule has 2 N–H and O–H groups in total. The summed E-state index contributed by atoms with van der Waals surface area (Å²) in [6.07, 6.45) is -5.52. The van der Waals surface area contributed by atoms with Crippen molar-refractivity contribution in [2.75, 3.05) is 11.9 Å². The van der Waals surface area contributed by atoms with Gasteiger partial charge in [-0.15, -0.1) is 0 Å². The van der Waals surface area contributed by atoms with E-state index in [0.717, 1.165) is 16.9 Å². The first-order chi connectivity index (χ1) is 11.7. The van der Waals surface area contributed by atoms with E-state index in [2.05, 4.69) is 20.4 Å². The number of carbonyl (C=O) groups is 1. The fourth-order valence-electron chi connectivity index (χ4n) is 1.81. The van der Waals surface area contributed by atoms with Crippen LogP contribution in [0.3, 0.4) is 0 Å². The molecule has 1 aromatic carbocycles. The molecule has 0 spiro atoms. The van der Waals surface area contributed by atoms with Crippen molar-refractivity contribution < 1.29 is 22.7 Å². The molecule has 0 atom stereocenters. The van der Waals surface area contributed by atoms with Crippen LogP contribution in [0.2, 0.25) is 0 Å². The summed E-state index contributed by atoms with van der Waals surface area (Å²) in [5.41, 5.74) is 0.439. The Morgan fingerprint density at radius 1 is 1.32 bits per heavy atom. The lowest BCUT2D eigenvalue weighted by atomic mass is 10.2. The highest BCUT2D eigenvalue weighted by molar-refractivity contribution is 7.80. The van der Waals surface area contributed by atoms with Crippen LogP contribution in [0.15, 0.2) is 24.3 Å². The number of benzene rings is 1. The van der Waals surface area contributed by atoms with Crippen molar-refractivity contribution in [2.24, 2.45) is 0 Å². The highest BCUT2D eigenvalue weighted by atomic mass is 32.1. The van der Waals surface area contributed by atoms with Gasteiger partial charge in [-0.25, -0.2) is 9.78 Å². The number of alkyl carbamates (subject to hydrolysis) is 1. The first-order valence-corrected chi connectivity index (χ1v) is 8.33. The highest BCUT2D eigenvalue weighted by Gasteiger charge is 2.38. The zero-order valence-corrected chi connectivity index (χ0v) is 14.9. The van der Waals surface area contributed by atoms with E-state index in [1.165, 1.54) is 0 Å². The van der Waals surface area contributed by atoms with E-state index in [0.29, 0.717) is 5.56 Å². The molecule has 1 aromatic heterocycles. The second kappa shape index (κ2) is 7.79. The summed E-state index contributed by atoms with van der Waals surface area (Å²) in [6, 6.07) is 6.94. The van der Waals surface area contributed by atoms with Gasteiger partial charge in [-0.1, -0.05) is 41.2 Å². The minimum absolute atomic E-state index is 0.111. The van der Waals surface area contributed by atoms with E-state index in [9.17, 15) is 18.0 Å². The molecule has 0 fully saturated rings. The number of aryl methyl sites for hydroxylation is 1. The van der Waals surface area contributed by atoms with Crippen molar-refractivity contribution in [3.05, 3.63) is 35.5 Å². The van der Waals surface area contributed by atoms with Crippen LogP contribution >= 0.6 is 23.6 Å². The van der Waals surface area contributed by atoms with Crippen LogP contribution in [-0.2, 0) is 10.9 Å². The molecule has 1 amide bonds. The summed E-state index contributed by atoms with van der Waals surface area (Å²) >= 11 is 5.63. The maximum Gasteiger partial charge on any atom is 0.436 e. The fourth-order valence-corrected chi connectivity index (χ4v) is 3.06. The number of hydrogen-bond acceptors (Lipinski definition) is 5. The second-order valence-electron chi connectivity index (χ2n) is 4.86. The molecule has 134 valence electrons. The Labute approximate surface area is 151 Å². The Balaban J connectivity index is 2.28. The number of hydrogen-bond donors (Lipinski definition) is 2. The number of nitrogens with zero attached hydrogens (tertiary/aromatic N) is 1. The predicted octanol–water partition coefficient (Wildman–Crippen LogP) is 4.58. The number of carbonyl (C=O) groups excluding carboxylic acids is 1. The SMILES string of the molecule is CCOC(=O)NC(=S)Nc1sc(-c2ccc(C)cc2)nc1C(F)(F)F. The molecule has 2 rings (SSSR count). The molecule has 0 saturated carbocycles. The van der Waals surface area contributed by atoms with Gasteiger partial charge in [-0.05, 0) is 26.1 Å². The number of thiazole rings is 1. The minimum atomic E-state index is -4.67. The van der Waals surface area contributed by atoms with Crippen LogP contribution in [0, 0.1) is 6.92 Å². The number of anilines is 1. The molecule has 10 heteroatoms. The Morgan fingerprint density at radius 3 is 2.52 bits per heavy atom. The molecule has 0 bridgehead atoms. The molecular formula is C15H14F3N3O2S2. The van der Waals surface area contributed by atoms with Gasteiger partial charge in [0.2, 0.25) is 0 Å². The lowest BCUT2D eigenvalue weighted by Crippen LogP contribution is -2.34. The first kappa shape index (κ1) is 19.1. The van der Waals surface area contributed by atoms with Crippen molar-refractivity contribution >= 4 is 39.8 Å². The molecule has 0 saturated heterocycles. The van der Waals surface area contributed by atoms with E-state index in [4.69, 9.17) is 12.2 Å². The van der Waals surface area contributed by atoms with Gasteiger partial charge in [0, 0.05) is 5.56 Å². The predicted molar refractivity (Wildman–Crippen MR) is 93.7 cm³/mol. The third-order valence-corrected chi connectivity index (χ3v) is 4.14. The van der Waals surface area contributed by atoms with Gasteiger partial charge in [0.25, 0.3) is 0 Å². The molecule has 5 nitrogen and oxygen atoms in total. The third-order valence-electron chi connectivity index (χ3n) is 2.91. The monoisotopic (exact) mass is 389 g/mol. The standard InChI is InChI=1S/C15H14F3N3O2S2/c1-3-23-14(22)21-13(24)20-12-10(15(16,17)18)19-11(25-12)9-6-4-8(2)5-7-9/h4-7H,3H2,1-2H3,(H2,20,21,22,24). The second-order valence-corrected chi connectivity index (χ2v) is 6.27. The van der Waals surface area contributed by atoms with Gasteiger partial charge in [-0.2, -0.15) is 13.2 Å². The summed E-state index contributed by atoms with van der Waals surface area (Å²) in [4.78, 5) is 15.0. The van der Waals surface area contributed by atoms with Crippen LogP contribution < -0.4 is 10.6 Å². The number of aromatic nitrogens is 1. The van der Waals surface area contributed by atoms with E-state index >= 15 is 0 Å². The zero-order chi connectivity index (χ0) is 18.6. The maximum atomic E-state index is 13.2. The van der Waals surface area contributed by atoms with Gasteiger partial charge in [0.15, 0.2) is 10.8 Å². The molecule has 0 aliphatic heterocycles. The normalized spacial score (nSPS) is 11.1. The van der Waals surface area contributed by atoms with Crippen LogP contribution in [0.5, 0.6) is 0 Å². The van der Waals surface area contributed by atoms with Gasteiger partial charge >= 0.3 is 12.3 Å². The molecule has 0 aliphatic carbocycles. The smallest absolute Gasteiger partial charge is 0.436 e. The minimum Gasteiger partial charge on any atom is -0.450 e. The number of alkyl halides is 3. The van der Waals surface area contributed by atoms with E-state index in [-0.39, 0.29) is 21.7 Å². The zero-order valence-electron chi connectivity index (χ0n) is 13.2. The molecule has 0 unspecified atom stereocenters. The average molecular weight is 389 g/mol. The fraction of sp³-hybridized carbons (Fsp3) is 0.267. The number of amides is 1. The Kier molecular flexibility index (Phi) is 5.96. The molecule has 0 aliphatic rings. The molecule has 25 heavy (non-hydrogen) atoms. The van der Waals surface area contributed by atoms with Crippen molar-refractivity contribution in [1.29, 1.82) is 0 Å². The highest BCUT2D eigenvalue weighted by Crippen LogP contribution is 2.41. The largest absolute Gasteiger partial charge is 0.450 e. The number of halogens is 3. The summed E-state index contributed by atoms with van der Waals surface area (Å²) in [5, 5.41) is 4.08. The van der Waals surface area contributed by atoms with Crippen molar-refractivity contribution in [3.63, 3.8) is 0 Å². The van der Waals surface area contributed by atoms with Crippen LogP contribution in [0.4, 0.5) is 23.0 Å². The van der Waals surface area contributed by atoms with Crippen LogP contribution in [-0.4, -0.2) is 22.8 Å². The number of ether oxygens (including phenoxy) is 1. The Hall–Kier alpha value is -2.20. The van der Waals surface area contributed by atoms with Crippen molar-refractivity contribution in [3.8, 4) is 10.6 Å². The lowest BCUT2D eigenvalue weighted by molar-refractivity contribution is -0.140. The molecule has 1 heterocycles. The van der Waals surface area contributed by atoms with E-state index in [1.807, 2.05) is 6.92 Å². The van der Waals surface area contributed by atoms with Gasteiger partial charge < -0.3 is 10.1 Å². The summed E-state index contributed by atoms with van der Waals surface area (Å²) in [7, 11) is 0. The number of rotatable bonds is 3.